The molecule has 0 amide bonds. The molecule has 12 heavy (non-hydrogen) atoms. The number of hydrogen-bond acceptors (Lipinski definition) is 1. The van der Waals surface area contributed by atoms with Crippen LogP contribution in [0.1, 0.15) is 12.5 Å². The van der Waals surface area contributed by atoms with Crippen LogP contribution in [0.2, 0.25) is 10.0 Å². The van der Waals surface area contributed by atoms with Gasteiger partial charge in [-0.3, -0.25) is 0 Å². The lowest BCUT2D eigenvalue weighted by Crippen LogP contribution is -2.04. The molecule has 3 heteroatoms. The summed E-state index contributed by atoms with van der Waals surface area (Å²) < 4.78 is 0. The Kier molecular flexibility index (Phi) is 3.39. The van der Waals surface area contributed by atoms with E-state index in [1.807, 2.05) is 0 Å². The van der Waals surface area contributed by atoms with Gasteiger partial charge in [0.05, 0.1) is 6.10 Å². The first-order valence-corrected chi connectivity index (χ1v) is 4.47. The number of rotatable bonds is 2. The molecule has 1 N–H and O–H groups in total. The van der Waals surface area contributed by atoms with Gasteiger partial charge in [0, 0.05) is 10.0 Å². The van der Waals surface area contributed by atoms with Crippen LogP contribution in [0.25, 0.3) is 0 Å². The monoisotopic (exact) mass is 204 g/mol. The number of aliphatic hydroxyl groups excluding tert-OH is 1. The zero-order chi connectivity index (χ0) is 9.14. The molecule has 0 saturated carbocycles. The van der Waals surface area contributed by atoms with E-state index in [0.717, 1.165) is 5.56 Å². The quantitative estimate of drug-likeness (QED) is 0.786. The van der Waals surface area contributed by atoms with Gasteiger partial charge in [0.2, 0.25) is 0 Å². The summed E-state index contributed by atoms with van der Waals surface area (Å²) in [7, 11) is 0. The Bertz CT molecular complexity index is 271. The average molecular weight is 205 g/mol. The Morgan fingerprint density at radius 3 is 2.67 bits per heavy atom. The van der Waals surface area contributed by atoms with E-state index in [1.54, 1.807) is 25.1 Å². The molecule has 1 aromatic carbocycles. The Balaban J connectivity index is 2.90. The maximum absolute atomic E-state index is 9.12. The van der Waals surface area contributed by atoms with Gasteiger partial charge in [-0.25, -0.2) is 0 Å². The summed E-state index contributed by atoms with van der Waals surface area (Å²) in [5, 5.41) is 10.4. The van der Waals surface area contributed by atoms with Crippen LogP contribution in [-0.2, 0) is 6.42 Å². The van der Waals surface area contributed by atoms with Crippen molar-refractivity contribution in [1.82, 2.24) is 0 Å². The highest BCUT2D eigenvalue weighted by molar-refractivity contribution is 6.33. The molecule has 1 aromatic rings. The third-order valence-electron chi connectivity index (χ3n) is 1.52. The zero-order valence-electron chi connectivity index (χ0n) is 6.72. The largest absolute Gasteiger partial charge is 0.393 e. The maximum Gasteiger partial charge on any atom is 0.0552 e. The average Bonchev–Trinajstić information content (AvgIpc) is 1.96. The molecule has 0 radical (unpaired) electrons. The van der Waals surface area contributed by atoms with Gasteiger partial charge in [0.15, 0.2) is 0 Å². The van der Waals surface area contributed by atoms with Gasteiger partial charge in [0.25, 0.3) is 0 Å². The van der Waals surface area contributed by atoms with Gasteiger partial charge in [-0.1, -0.05) is 23.2 Å². The highest BCUT2D eigenvalue weighted by atomic mass is 35.5. The minimum atomic E-state index is -0.388. The number of benzene rings is 1. The Hall–Kier alpha value is -0.240. The van der Waals surface area contributed by atoms with Crippen LogP contribution < -0.4 is 0 Å². The highest BCUT2D eigenvalue weighted by Crippen LogP contribution is 2.21. The molecular formula is C9H10Cl2O. The van der Waals surface area contributed by atoms with Crippen LogP contribution in [-0.4, -0.2) is 11.2 Å². The summed E-state index contributed by atoms with van der Waals surface area (Å²) in [4.78, 5) is 0. The lowest BCUT2D eigenvalue weighted by molar-refractivity contribution is 0.195. The number of aliphatic hydroxyl groups is 1. The van der Waals surface area contributed by atoms with Gasteiger partial charge in [-0.15, -0.1) is 0 Å². The maximum atomic E-state index is 9.12. The summed E-state index contributed by atoms with van der Waals surface area (Å²) >= 11 is 11.6. The van der Waals surface area contributed by atoms with Crippen molar-refractivity contribution < 1.29 is 5.11 Å². The highest BCUT2D eigenvalue weighted by Gasteiger charge is 2.04. The minimum absolute atomic E-state index is 0.388. The van der Waals surface area contributed by atoms with Crippen molar-refractivity contribution in [3.8, 4) is 0 Å². The second kappa shape index (κ2) is 4.13. The van der Waals surface area contributed by atoms with Crippen LogP contribution >= 0.6 is 23.2 Å². The molecule has 1 rings (SSSR count). The molecule has 66 valence electrons. The Morgan fingerprint density at radius 2 is 2.08 bits per heavy atom. The summed E-state index contributed by atoms with van der Waals surface area (Å²) in [6.45, 7) is 1.72. The predicted octanol–water partition coefficient (Wildman–Crippen LogP) is 2.92. The third-order valence-corrected chi connectivity index (χ3v) is 2.13. The molecule has 0 aliphatic heterocycles. The Morgan fingerprint density at radius 1 is 1.42 bits per heavy atom. The molecule has 0 fully saturated rings. The SMILES string of the molecule is CC(O)Cc1cc(Cl)ccc1Cl. The van der Waals surface area contributed by atoms with Crippen molar-refractivity contribution in [3.63, 3.8) is 0 Å². The normalized spacial score (nSPS) is 13.0. The molecule has 0 aliphatic rings. The third kappa shape index (κ3) is 2.67. The zero-order valence-corrected chi connectivity index (χ0v) is 8.23. The van der Waals surface area contributed by atoms with Crippen LogP contribution in [0.4, 0.5) is 0 Å². The van der Waals surface area contributed by atoms with Crippen molar-refractivity contribution in [2.24, 2.45) is 0 Å². The van der Waals surface area contributed by atoms with E-state index in [2.05, 4.69) is 0 Å². The van der Waals surface area contributed by atoms with Gasteiger partial charge in [-0.05, 0) is 37.1 Å². The van der Waals surface area contributed by atoms with Crippen molar-refractivity contribution in [1.29, 1.82) is 0 Å². The molecule has 0 aromatic heterocycles. The second-order valence-corrected chi connectivity index (χ2v) is 3.63. The lowest BCUT2D eigenvalue weighted by Gasteiger charge is -2.06. The molecule has 0 bridgehead atoms. The summed E-state index contributed by atoms with van der Waals surface area (Å²) in [5.74, 6) is 0. The van der Waals surface area contributed by atoms with E-state index >= 15 is 0 Å². The second-order valence-electron chi connectivity index (χ2n) is 2.79. The van der Waals surface area contributed by atoms with E-state index in [0.29, 0.717) is 16.5 Å². The van der Waals surface area contributed by atoms with E-state index in [-0.39, 0.29) is 6.10 Å². The smallest absolute Gasteiger partial charge is 0.0552 e. The molecule has 1 atom stereocenters. The van der Waals surface area contributed by atoms with E-state index in [4.69, 9.17) is 28.3 Å². The van der Waals surface area contributed by atoms with E-state index < -0.39 is 0 Å². The first kappa shape index (κ1) is 9.85. The van der Waals surface area contributed by atoms with Crippen LogP contribution in [0.15, 0.2) is 18.2 Å². The molecule has 0 heterocycles. The van der Waals surface area contributed by atoms with E-state index in [1.165, 1.54) is 0 Å². The van der Waals surface area contributed by atoms with E-state index in [9.17, 15) is 0 Å². The first-order chi connectivity index (χ1) is 5.59. The lowest BCUT2D eigenvalue weighted by atomic mass is 10.1. The fourth-order valence-corrected chi connectivity index (χ4v) is 1.41. The summed E-state index contributed by atoms with van der Waals surface area (Å²) in [5.41, 5.74) is 0.888. The van der Waals surface area contributed by atoms with Gasteiger partial charge in [-0.2, -0.15) is 0 Å². The van der Waals surface area contributed by atoms with Crippen LogP contribution in [0, 0.1) is 0 Å². The van der Waals surface area contributed by atoms with Crippen LogP contribution in [0.5, 0.6) is 0 Å². The summed E-state index contributed by atoms with van der Waals surface area (Å²) in [6, 6.07) is 5.24. The first-order valence-electron chi connectivity index (χ1n) is 3.71. The molecule has 0 saturated heterocycles. The number of halogens is 2. The summed E-state index contributed by atoms with van der Waals surface area (Å²) in [6.07, 6.45) is 0.153. The topological polar surface area (TPSA) is 20.2 Å². The van der Waals surface area contributed by atoms with Gasteiger partial charge >= 0.3 is 0 Å². The molecule has 0 aliphatic carbocycles. The molecule has 0 spiro atoms. The fourth-order valence-electron chi connectivity index (χ4n) is 1.02. The molecule has 1 nitrogen and oxygen atoms in total. The standard InChI is InChI=1S/C9H10Cl2O/c1-6(12)4-7-5-8(10)2-3-9(7)11/h2-3,5-6,12H,4H2,1H3. The van der Waals surface area contributed by atoms with Gasteiger partial charge < -0.3 is 5.11 Å². The molecular weight excluding hydrogens is 195 g/mol. The molecule has 1 unspecified atom stereocenters. The van der Waals surface area contributed by atoms with Crippen molar-refractivity contribution in [3.05, 3.63) is 33.8 Å². The fraction of sp³-hybridized carbons (Fsp3) is 0.333. The number of hydrogen-bond donors (Lipinski definition) is 1. The van der Waals surface area contributed by atoms with Crippen molar-refractivity contribution >= 4 is 23.2 Å². The van der Waals surface area contributed by atoms with Crippen molar-refractivity contribution in [2.75, 3.05) is 0 Å². The predicted molar refractivity (Wildman–Crippen MR) is 51.8 cm³/mol. The minimum Gasteiger partial charge on any atom is -0.393 e. The Labute approximate surface area is 81.9 Å². The van der Waals surface area contributed by atoms with Crippen LogP contribution in [0.3, 0.4) is 0 Å². The van der Waals surface area contributed by atoms with Gasteiger partial charge in [0.1, 0.15) is 0 Å². The van der Waals surface area contributed by atoms with Crippen molar-refractivity contribution in [2.45, 2.75) is 19.4 Å².